The molecule has 152 valence electrons. The summed E-state index contributed by atoms with van der Waals surface area (Å²) in [5.74, 6) is 0.591. The largest absolute Gasteiger partial charge is 0.339 e. The molecule has 8 heteroatoms. The summed E-state index contributed by atoms with van der Waals surface area (Å²) in [6.07, 6.45) is 5.69. The van der Waals surface area contributed by atoms with E-state index in [1.807, 2.05) is 25.7 Å². The summed E-state index contributed by atoms with van der Waals surface area (Å²) in [5.41, 5.74) is 2.28. The van der Waals surface area contributed by atoms with Crippen LogP contribution in [0.3, 0.4) is 0 Å². The molecule has 2 aliphatic rings. The zero-order valence-corrected chi connectivity index (χ0v) is 17.2. The number of nitriles is 1. The molecule has 3 heterocycles. The molecule has 1 fully saturated rings. The maximum atomic E-state index is 13.1. The van der Waals surface area contributed by atoms with Gasteiger partial charge >= 0.3 is 0 Å². The smallest absolute Gasteiger partial charge is 0.257 e. The van der Waals surface area contributed by atoms with Crippen LogP contribution in [-0.2, 0) is 12.8 Å². The third-order valence-corrected chi connectivity index (χ3v) is 6.46. The van der Waals surface area contributed by atoms with E-state index < -0.39 is 0 Å². The second-order valence-corrected chi connectivity index (χ2v) is 8.62. The molecule has 8 nitrogen and oxygen atoms in total. The van der Waals surface area contributed by atoms with E-state index in [9.17, 15) is 14.9 Å². The molecule has 0 spiro atoms. The highest BCUT2D eigenvalue weighted by atomic mass is 16.2. The van der Waals surface area contributed by atoms with E-state index in [2.05, 4.69) is 21.1 Å². The van der Waals surface area contributed by atoms with Gasteiger partial charge < -0.3 is 4.90 Å². The normalized spacial score (nSPS) is 17.2. The van der Waals surface area contributed by atoms with Crippen LogP contribution in [0.25, 0.3) is 5.95 Å². The average Bonchev–Trinajstić information content (AvgIpc) is 3.34. The lowest BCUT2D eigenvalue weighted by atomic mass is 9.75. The second-order valence-electron chi connectivity index (χ2n) is 8.62. The molecule has 0 bridgehead atoms. The standard InChI is InChI=1S/C21H26N6O2/c1-13-16(19(29)26-9-7-14(8-10-26)21(2,3)12-22)11-23-27(13)20-24-17-6-4-5-15(17)18(28)25-20/h11,14H,4-10H2,1-3H3,(H,24,25,28). The van der Waals surface area contributed by atoms with Crippen molar-refractivity contribution in [1.82, 2.24) is 24.6 Å². The predicted octanol–water partition coefficient (Wildman–Crippen LogP) is 2.15. The lowest BCUT2D eigenvalue weighted by Gasteiger charge is -2.37. The number of amides is 1. The first kappa shape index (κ1) is 19.4. The van der Waals surface area contributed by atoms with Crippen molar-refractivity contribution in [2.45, 2.75) is 52.9 Å². The van der Waals surface area contributed by atoms with Crippen LogP contribution < -0.4 is 5.56 Å². The van der Waals surface area contributed by atoms with Gasteiger partial charge in [-0.05, 0) is 58.8 Å². The number of likely N-dealkylation sites (tertiary alicyclic amines) is 1. The van der Waals surface area contributed by atoms with Crippen molar-refractivity contribution in [1.29, 1.82) is 5.26 Å². The van der Waals surface area contributed by atoms with Crippen LogP contribution in [0.5, 0.6) is 0 Å². The third-order valence-electron chi connectivity index (χ3n) is 6.46. The number of aromatic amines is 1. The monoisotopic (exact) mass is 394 g/mol. The number of aromatic nitrogens is 4. The summed E-state index contributed by atoms with van der Waals surface area (Å²) in [6, 6.07) is 2.39. The lowest BCUT2D eigenvalue weighted by molar-refractivity contribution is 0.0637. The molecule has 0 radical (unpaired) electrons. The van der Waals surface area contributed by atoms with Crippen molar-refractivity contribution in [2.75, 3.05) is 13.1 Å². The Kier molecular flexibility index (Phi) is 4.77. The van der Waals surface area contributed by atoms with Crippen molar-refractivity contribution in [3.8, 4) is 12.0 Å². The van der Waals surface area contributed by atoms with Crippen LogP contribution >= 0.6 is 0 Å². The van der Waals surface area contributed by atoms with Gasteiger partial charge in [0.2, 0.25) is 5.95 Å². The maximum absolute atomic E-state index is 13.1. The maximum Gasteiger partial charge on any atom is 0.257 e. The summed E-state index contributed by atoms with van der Waals surface area (Å²) < 4.78 is 1.54. The van der Waals surface area contributed by atoms with Gasteiger partial charge in [0.05, 0.1) is 34.6 Å². The lowest BCUT2D eigenvalue weighted by Crippen LogP contribution is -2.41. The van der Waals surface area contributed by atoms with E-state index in [-0.39, 0.29) is 16.9 Å². The van der Waals surface area contributed by atoms with Gasteiger partial charge in [-0.1, -0.05) is 0 Å². The molecule has 1 amide bonds. The molecular formula is C21H26N6O2. The summed E-state index contributed by atoms with van der Waals surface area (Å²) in [4.78, 5) is 34.6. The zero-order chi connectivity index (χ0) is 20.8. The molecule has 0 atom stereocenters. The Bertz CT molecular complexity index is 1050. The minimum absolute atomic E-state index is 0.0644. The fraction of sp³-hybridized carbons (Fsp3) is 0.571. The summed E-state index contributed by atoms with van der Waals surface area (Å²) in [7, 11) is 0. The fourth-order valence-corrected chi connectivity index (χ4v) is 4.43. The highest BCUT2D eigenvalue weighted by Crippen LogP contribution is 2.34. The third kappa shape index (κ3) is 3.35. The first-order valence-corrected chi connectivity index (χ1v) is 10.2. The number of rotatable bonds is 3. The topological polar surface area (TPSA) is 108 Å². The van der Waals surface area contributed by atoms with Gasteiger partial charge in [0.1, 0.15) is 0 Å². The minimum atomic E-state index is -0.374. The van der Waals surface area contributed by atoms with Crippen molar-refractivity contribution in [2.24, 2.45) is 11.3 Å². The van der Waals surface area contributed by atoms with E-state index in [0.717, 1.165) is 43.4 Å². The van der Waals surface area contributed by atoms with E-state index in [4.69, 9.17) is 0 Å². The molecular weight excluding hydrogens is 368 g/mol. The highest BCUT2D eigenvalue weighted by molar-refractivity contribution is 5.95. The predicted molar refractivity (Wildman–Crippen MR) is 107 cm³/mol. The number of fused-ring (bicyclic) bond motifs is 1. The van der Waals surface area contributed by atoms with Crippen molar-refractivity contribution >= 4 is 5.91 Å². The van der Waals surface area contributed by atoms with Crippen LogP contribution in [-0.4, -0.2) is 43.6 Å². The van der Waals surface area contributed by atoms with Gasteiger partial charge in [-0.15, -0.1) is 0 Å². The van der Waals surface area contributed by atoms with Gasteiger partial charge in [0.25, 0.3) is 11.5 Å². The number of hydrogen-bond donors (Lipinski definition) is 1. The Morgan fingerprint density at radius 2 is 2.03 bits per heavy atom. The second kappa shape index (κ2) is 7.14. The van der Waals surface area contributed by atoms with Crippen LogP contribution in [0.15, 0.2) is 11.0 Å². The molecule has 0 saturated carbocycles. The first-order valence-electron chi connectivity index (χ1n) is 10.2. The molecule has 1 N–H and O–H groups in total. The first-order chi connectivity index (χ1) is 13.8. The van der Waals surface area contributed by atoms with Crippen LogP contribution in [0.2, 0.25) is 0 Å². The van der Waals surface area contributed by atoms with E-state index in [1.165, 1.54) is 0 Å². The van der Waals surface area contributed by atoms with E-state index in [1.54, 1.807) is 10.9 Å². The average molecular weight is 394 g/mol. The summed E-state index contributed by atoms with van der Waals surface area (Å²) >= 11 is 0. The number of nitrogens with one attached hydrogen (secondary N) is 1. The molecule has 29 heavy (non-hydrogen) atoms. The molecule has 1 aliphatic heterocycles. The van der Waals surface area contributed by atoms with Gasteiger partial charge in [-0.3, -0.25) is 14.6 Å². The number of aryl methyl sites for hydroxylation is 1. The molecule has 2 aromatic heterocycles. The zero-order valence-electron chi connectivity index (χ0n) is 17.2. The van der Waals surface area contributed by atoms with Gasteiger partial charge in [-0.2, -0.15) is 10.4 Å². The summed E-state index contributed by atoms with van der Waals surface area (Å²) in [6.45, 7) is 7.01. The Morgan fingerprint density at radius 1 is 1.31 bits per heavy atom. The number of H-pyrrole nitrogens is 1. The van der Waals surface area contributed by atoms with Gasteiger partial charge in [-0.25, -0.2) is 9.67 Å². The van der Waals surface area contributed by atoms with Crippen molar-refractivity contribution < 1.29 is 4.79 Å². The number of piperidine rings is 1. The fourth-order valence-electron chi connectivity index (χ4n) is 4.43. The molecule has 1 saturated heterocycles. The minimum Gasteiger partial charge on any atom is -0.339 e. The number of carbonyl (C=O) groups excluding carboxylic acids is 1. The highest BCUT2D eigenvalue weighted by Gasteiger charge is 2.34. The van der Waals surface area contributed by atoms with Gasteiger partial charge in [0.15, 0.2) is 0 Å². The van der Waals surface area contributed by atoms with E-state index in [0.29, 0.717) is 36.2 Å². The van der Waals surface area contributed by atoms with Gasteiger partial charge in [0, 0.05) is 18.7 Å². The van der Waals surface area contributed by atoms with Crippen molar-refractivity contribution in [3.63, 3.8) is 0 Å². The quantitative estimate of drug-likeness (QED) is 0.858. The molecule has 0 unspecified atom stereocenters. The number of carbonyl (C=O) groups is 1. The Hall–Kier alpha value is -2.95. The van der Waals surface area contributed by atoms with E-state index >= 15 is 0 Å². The number of nitrogens with zero attached hydrogens (tertiary/aromatic N) is 5. The van der Waals surface area contributed by atoms with Crippen LogP contribution in [0.4, 0.5) is 0 Å². The number of hydrogen-bond acceptors (Lipinski definition) is 5. The van der Waals surface area contributed by atoms with Crippen LogP contribution in [0.1, 0.15) is 60.4 Å². The molecule has 1 aliphatic carbocycles. The summed E-state index contributed by atoms with van der Waals surface area (Å²) in [5, 5.41) is 13.7. The molecule has 0 aromatic carbocycles. The Balaban J connectivity index is 1.54. The Morgan fingerprint density at radius 3 is 2.72 bits per heavy atom. The molecule has 2 aromatic rings. The van der Waals surface area contributed by atoms with Crippen LogP contribution in [0, 0.1) is 29.6 Å². The molecule has 4 rings (SSSR count). The Labute approximate surface area is 169 Å². The SMILES string of the molecule is Cc1c(C(=O)N2CCC(C(C)(C)C#N)CC2)cnn1-c1nc2c(c(=O)[nH]1)CCC2. The van der Waals surface area contributed by atoms with Crippen molar-refractivity contribution in [3.05, 3.63) is 39.1 Å².